The maximum Gasteiger partial charge on any atom is 0.291 e. The maximum absolute atomic E-state index is 12.3. The van der Waals surface area contributed by atoms with E-state index in [0.717, 1.165) is 11.3 Å². The van der Waals surface area contributed by atoms with Gasteiger partial charge in [-0.05, 0) is 42.8 Å². The van der Waals surface area contributed by atoms with E-state index >= 15 is 0 Å². The molecule has 0 aliphatic heterocycles. The van der Waals surface area contributed by atoms with Crippen molar-refractivity contribution in [3.63, 3.8) is 0 Å². The third-order valence-corrected chi connectivity index (χ3v) is 4.04. The SMILES string of the molecule is Cc1ccnc2nc(C(=O)NCc3ccc(NC(=O)c4ccco4)cc3)nn12. The molecule has 0 aliphatic rings. The van der Waals surface area contributed by atoms with E-state index in [1.54, 1.807) is 48.7 Å². The van der Waals surface area contributed by atoms with Crippen molar-refractivity contribution in [2.24, 2.45) is 0 Å². The summed E-state index contributed by atoms with van der Waals surface area (Å²) in [4.78, 5) is 32.5. The average molecular weight is 376 g/mol. The second-order valence-corrected chi connectivity index (χ2v) is 6.04. The third kappa shape index (κ3) is 3.58. The summed E-state index contributed by atoms with van der Waals surface area (Å²) in [7, 11) is 0. The molecular weight excluding hydrogens is 360 g/mol. The predicted molar refractivity (Wildman–Crippen MR) is 99.8 cm³/mol. The number of nitrogens with zero attached hydrogens (tertiary/aromatic N) is 4. The lowest BCUT2D eigenvalue weighted by Crippen LogP contribution is -2.24. The molecule has 1 aromatic carbocycles. The first kappa shape index (κ1) is 17.4. The maximum atomic E-state index is 12.3. The quantitative estimate of drug-likeness (QED) is 0.552. The van der Waals surface area contributed by atoms with Crippen molar-refractivity contribution in [1.29, 1.82) is 0 Å². The number of fused-ring (bicyclic) bond motifs is 1. The topological polar surface area (TPSA) is 114 Å². The van der Waals surface area contributed by atoms with Crippen LogP contribution in [-0.4, -0.2) is 31.4 Å². The number of benzene rings is 1. The minimum atomic E-state index is -0.389. The lowest BCUT2D eigenvalue weighted by molar-refractivity contribution is 0.0940. The largest absolute Gasteiger partial charge is 0.459 e. The first-order valence-electron chi connectivity index (χ1n) is 8.50. The van der Waals surface area contributed by atoms with Crippen molar-refractivity contribution in [2.75, 3.05) is 5.32 Å². The number of rotatable bonds is 5. The molecule has 0 radical (unpaired) electrons. The van der Waals surface area contributed by atoms with Crippen LogP contribution in [0.2, 0.25) is 0 Å². The molecule has 0 aliphatic carbocycles. The highest BCUT2D eigenvalue weighted by molar-refractivity contribution is 6.02. The fourth-order valence-corrected chi connectivity index (χ4v) is 2.57. The molecule has 0 bridgehead atoms. The summed E-state index contributed by atoms with van der Waals surface area (Å²) in [6.07, 6.45) is 3.06. The Morgan fingerprint density at radius 3 is 2.64 bits per heavy atom. The first-order valence-corrected chi connectivity index (χ1v) is 8.50. The van der Waals surface area contributed by atoms with Gasteiger partial charge in [-0.15, -0.1) is 5.10 Å². The van der Waals surface area contributed by atoms with E-state index in [1.807, 2.05) is 6.92 Å². The lowest BCUT2D eigenvalue weighted by Gasteiger charge is -2.06. The smallest absolute Gasteiger partial charge is 0.291 e. The third-order valence-electron chi connectivity index (χ3n) is 4.04. The molecule has 9 heteroatoms. The number of furan rings is 1. The van der Waals surface area contributed by atoms with Gasteiger partial charge in [-0.1, -0.05) is 12.1 Å². The van der Waals surface area contributed by atoms with Crippen LogP contribution in [0.1, 0.15) is 32.4 Å². The number of aromatic nitrogens is 4. The van der Waals surface area contributed by atoms with E-state index < -0.39 is 0 Å². The zero-order valence-electron chi connectivity index (χ0n) is 14.9. The lowest BCUT2D eigenvalue weighted by atomic mass is 10.2. The van der Waals surface area contributed by atoms with Crippen molar-refractivity contribution in [2.45, 2.75) is 13.5 Å². The number of carbonyl (C=O) groups is 2. The van der Waals surface area contributed by atoms with E-state index in [0.29, 0.717) is 18.0 Å². The van der Waals surface area contributed by atoms with Crippen molar-refractivity contribution in [1.82, 2.24) is 24.9 Å². The molecule has 28 heavy (non-hydrogen) atoms. The van der Waals surface area contributed by atoms with Gasteiger partial charge < -0.3 is 15.1 Å². The van der Waals surface area contributed by atoms with E-state index in [4.69, 9.17) is 4.42 Å². The molecule has 4 rings (SSSR count). The summed E-state index contributed by atoms with van der Waals surface area (Å²) in [6, 6.07) is 12.1. The van der Waals surface area contributed by atoms with E-state index in [1.165, 1.54) is 10.8 Å². The molecular formula is C19H16N6O3. The fourth-order valence-electron chi connectivity index (χ4n) is 2.57. The van der Waals surface area contributed by atoms with Crippen LogP contribution in [-0.2, 0) is 6.54 Å². The monoisotopic (exact) mass is 376 g/mol. The number of amides is 2. The molecule has 2 N–H and O–H groups in total. The van der Waals surface area contributed by atoms with Crippen LogP contribution in [0.5, 0.6) is 0 Å². The number of aryl methyl sites for hydroxylation is 1. The average Bonchev–Trinajstić information content (AvgIpc) is 3.38. The molecule has 3 aromatic heterocycles. The summed E-state index contributed by atoms with van der Waals surface area (Å²) in [6.45, 7) is 2.16. The molecule has 140 valence electrons. The highest BCUT2D eigenvalue weighted by Crippen LogP contribution is 2.12. The van der Waals surface area contributed by atoms with Crippen LogP contribution in [0.25, 0.3) is 5.78 Å². The summed E-state index contributed by atoms with van der Waals surface area (Å²) >= 11 is 0. The van der Waals surface area contributed by atoms with Gasteiger partial charge in [0.15, 0.2) is 5.76 Å². The summed E-state index contributed by atoms with van der Waals surface area (Å²) in [5, 5.41) is 9.67. The van der Waals surface area contributed by atoms with Gasteiger partial charge in [-0.2, -0.15) is 4.98 Å². The Morgan fingerprint density at radius 1 is 1.11 bits per heavy atom. The van der Waals surface area contributed by atoms with Gasteiger partial charge in [0.05, 0.1) is 6.26 Å². The Balaban J connectivity index is 1.37. The normalized spacial score (nSPS) is 10.8. The molecule has 0 fully saturated rings. The molecule has 0 unspecified atom stereocenters. The number of hydrogen-bond donors (Lipinski definition) is 2. The summed E-state index contributed by atoms with van der Waals surface area (Å²) in [5.41, 5.74) is 2.33. The standard InChI is InChI=1S/C19H16N6O3/c1-12-8-9-20-19-23-16(24-25(12)19)18(27)21-11-13-4-6-14(7-5-13)22-17(26)15-3-2-10-28-15/h2-10H,11H2,1H3,(H,21,27)(H,22,26). The van der Waals surface area contributed by atoms with E-state index in [2.05, 4.69) is 25.7 Å². The van der Waals surface area contributed by atoms with Crippen LogP contribution in [0.15, 0.2) is 59.3 Å². The highest BCUT2D eigenvalue weighted by Gasteiger charge is 2.14. The van der Waals surface area contributed by atoms with Gasteiger partial charge in [0.25, 0.3) is 17.6 Å². The highest BCUT2D eigenvalue weighted by atomic mass is 16.3. The summed E-state index contributed by atoms with van der Waals surface area (Å²) < 4.78 is 6.57. The molecule has 4 aromatic rings. The van der Waals surface area contributed by atoms with Crippen LogP contribution in [0.4, 0.5) is 5.69 Å². The Hall–Kier alpha value is -4.01. The van der Waals surface area contributed by atoms with Crippen LogP contribution in [0, 0.1) is 6.92 Å². The second kappa shape index (κ2) is 7.31. The first-order chi connectivity index (χ1) is 13.6. The van der Waals surface area contributed by atoms with Gasteiger partial charge in [0, 0.05) is 24.1 Å². The van der Waals surface area contributed by atoms with Crippen molar-refractivity contribution in [3.05, 3.63) is 77.8 Å². The Morgan fingerprint density at radius 2 is 1.93 bits per heavy atom. The molecule has 0 saturated carbocycles. The molecule has 0 saturated heterocycles. The minimum absolute atomic E-state index is 0.0594. The number of carbonyl (C=O) groups excluding carboxylic acids is 2. The predicted octanol–water partition coefficient (Wildman–Crippen LogP) is 2.21. The van der Waals surface area contributed by atoms with Crippen molar-refractivity contribution < 1.29 is 14.0 Å². The Kier molecular flexibility index (Phi) is 4.55. The zero-order chi connectivity index (χ0) is 19.5. The number of nitrogens with one attached hydrogen (secondary N) is 2. The second-order valence-electron chi connectivity index (χ2n) is 6.04. The Bertz CT molecular complexity index is 1130. The number of anilines is 1. The van der Waals surface area contributed by atoms with E-state index in [9.17, 15) is 9.59 Å². The van der Waals surface area contributed by atoms with Crippen molar-refractivity contribution >= 4 is 23.3 Å². The van der Waals surface area contributed by atoms with E-state index in [-0.39, 0.29) is 23.4 Å². The van der Waals surface area contributed by atoms with Crippen LogP contribution >= 0.6 is 0 Å². The molecule has 9 nitrogen and oxygen atoms in total. The number of hydrogen-bond acceptors (Lipinski definition) is 6. The van der Waals surface area contributed by atoms with Crippen LogP contribution in [0.3, 0.4) is 0 Å². The zero-order valence-corrected chi connectivity index (χ0v) is 14.9. The van der Waals surface area contributed by atoms with Gasteiger partial charge in [0.1, 0.15) is 0 Å². The van der Waals surface area contributed by atoms with Gasteiger partial charge in [-0.25, -0.2) is 9.50 Å². The van der Waals surface area contributed by atoms with Gasteiger partial charge in [0.2, 0.25) is 5.82 Å². The van der Waals surface area contributed by atoms with Gasteiger partial charge in [-0.3, -0.25) is 9.59 Å². The molecule has 2 amide bonds. The summed E-state index contributed by atoms with van der Waals surface area (Å²) in [5.74, 6) is -0.0417. The van der Waals surface area contributed by atoms with Crippen molar-refractivity contribution in [3.8, 4) is 0 Å². The fraction of sp³-hybridized carbons (Fsp3) is 0.105. The minimum Gasteiger partial charge on any atom is -0.459 e. The molecule has 0 spiro atoms. The van der Waals surface area contributed by atoms with Gasteiger partial charge >= 0.3 is 0 Å². The Labute approximate surface area is 159 Å². The van der Waals surface area contributed by atoms with Crippen LogP contribution < -0.4 is 10.6 Å². The molecule has 3 heterocycles. The molecule has 0 atom stereocenters.